The number of pyridine rings is 1. The van der Waals surface area contributed by atoms with Crippen molar-refractivity contribution in [1.82, 2.24) is 4.98 Å². The van der Waals surface area contributed by atoms with Gasteiger partial charge in [-0.1, -0.05) is 0 Å². The highest BCUT2D eigenvalue weighted by atomic mass is 16.4. The van der Waals surface area contributed by atoms with E-state index in [0.717, 1.165) is 12.5 Å². The van der Waals surface area contributed by atoms with Gasteiger partial charge in [0.1, 0.15) is 0 Å². The van der Waals surface area contributed by atoms with Gasteiger partial charge in [-0.15, -0.1) is 0 Å². The van der Waals surface area contributed by atoms with Gasteiger partial charge in [-0.3, -0.25) is 4.98 Å². The molecule has 0 unspecified atom stereocenters. The molecule has 0 aromatic carbocycles. The van der Waals surface area contributed by atoms with E-state index in [1.54, 1.807) is 6.20 Å². The number of carbonyl (C=O) groups is 1. The second-order valence-electron chi connectivity index (χ2n) is 3.55. The first-order chi connectivity index (χ1) is 6.77. The van der Waals surface area contributed by atoms with E-state index in [4.69, 9.17) is 5.11 Å². The quantitative estimate of drug-likeness (QED) is 0.760. The van der Waals surface area contributed by atoms with Gasteiger partial charge in [0.05, 0.1) is 17.4 Å². The maximum Gasteiger partial charge on any atom is 0.337 e. The lowest BCUT2D eigenvalue weighted by Crippen LogP contribution is -2.09. The Hall–Kier alpha value is -1.58. The van der Waals surface area contributed by atoms with Crippen LogP contribution in [-0.4, -0.2) is 22.6 Å². The minimum Gasteiger partial charge on any atom is -0.478 e. The fraction of sp³-hybridized carbons (Fsp3) is 0.400. The Kier molecular flexibility index (Phi) is 2.35. The predicted octanol–water partition coefficient (Wildman–Crippen LogP) is 1.60. The van der Waals surface area contributed by atoms with Crippen molar-refractivity contribution in [1.29, 1.82) is 0 Å². The van der Waals surface area contributed by atoms with Crippen molar-refractivity contribution in [3.63, 3.8) is 0 Å². The fourth-order valence-electron chi connectivity index (χ4n) is 1.30. The molecule has 0 radical (unpaired) electrons. The van der Waals surface area contributed by atoms with E-state index >= 15 is 0 Å². The molecule has 1 saturated carbocycles. The van der Waals surface area contributed by atoms with Gasteiger partial charge in [0, 0.05) is 12.7 Å². The molecule has 1 aromatic heterocycles. The second kappa shape index (κ2) is 3.65. The van der Waals surface area contributed by atoms with Crippen LogP contribution in [0.2, 0.25) is 0 Å². The number of aromatic nitrogens is 1. The molecule has 74 valence electrons. The van der Waals surface area contributed by atoms with Crippen LogP contribution in [-0.2, 0) is 0 Å². The highest BCUT2D eigenvalue weighted by molar-refractivity contribution is 5.93. The average Bonchev–Trinajstić information content (AvgIpc) is 2.98. The summed E-state index contributed by atoms with van der Waals surface area (Å²) in [6.07, 6.45) is 5.54. The first kappa shape index (κ1) is 8.99. The topological polar surface area (TPSA) is 62.2 Å². The summed E-state index contributed by atoms with van der Waals surface area (Å²) in [6.45, 7) is 0.853. The molecule has 4 nitrogen and oxygen atoms in total. The number of nitrogens with zero attached hydrogens (tertiary/aromatic N) is 1. The van der Waals surface area contributed by atoms with E-state index in [9.17, 15) is 4.79 Å². The molecule has 1 aliphatic carbocycles. The molecule has 2 N–H and O–H groups in total. The second-order valence-corrected chi connectivity index (χ2v) is 3.55. The molecule has 0 aliphatic heterocycles. The lowest BCUT2D eigenvalue weighted by atomic mass is 10.2. The monoisotopic (exact) mass is 192 g/mol. The summed E-state index contributed by atoms with van der Waals surface area (Å²) < 4.78 is 0. The molecule has 1 fully saturated rings. The van der Waals surface area contributed by atoms with Crippen molar-refractivity contribution < 1.29 is 9.90 Å². The molecule has 2 rings (SSSR count). The first-order valence-electron chi connectivity index (χ1n) is 4.68. The van der Waals surface area contributed by atoms with Gasteiger partial charge in [0.25, 0.3) is 0 Å². The zero-order chi connectivity index (χ0) is 9.97. The molecular formula is C10H12N2O2. The van der Waals surface area contributed by atoms with Gasteiger partial charge in [-0.2, -0.15) is 0 Å². The lowest BCUT2D eigenvalue weighted by Gasteiger charge is -2.07. The van der Waals surface area contributed by atoms with Crippen LogP contribution in [0.25, 0.3) is 0 Å². The van der Waals surface area contributed by atoms with Crippen molar-refractivity contribution in [2.45, 2.75) is 12.8 Å². The molecule has 0 amide bonds. The van der Waals surface area contributed by atoms with Crippen molar-refractivity contribution in [3.05, 3.63) is 24.0 Å². The Balaban J connectivity index is 2.09. The van der Waals surface area contributed by atoms with E-state index in [1.807, 2.05) is 0 Å². The molecule has 0 bridgehead atoms. The fourth-order valence-corrected chi connectivity index (χ4v) is 1.30. The molecule has 1 heterocycles. The van der Waals surface area contributed by atoms with E-state index in [-0.39, 0.29) is 0 Å². The molecule has 0 saturated heterocycles. The molecule has 14 heavy (non-hydrogen) atoms. The van der Waals surface area contributed by atoms with Crippen molar-refractivity contribution >= 4 is 11.7 Å². The van der Waals surface area contributed by atoms with E-state index in [1.165, 1.54) is 25.1 Å². The van der Waals surface area contributed by atoms with Crippen LogP contribution in [0.4, 0.5) is 5.69 Å². The minimum atomic E-state index is -0.911. The Morgan fingerprint density at radius 2 is 2.43 bits per heavy atom. The van der Waals surface area contributed by atoms with Crippen LogP contribution in [0.5, 0.6) is 0 Å². The summed E-state index contributed by atoms with van der Waals surface area (Å²) in [5.41, 5.74) is 0.910. The Morgan fingerprint density at radius 3 is 3.07 bits per heavy atom. The number of carboxylic acids is 1. The summed E-state index contributed by atoms with van der Waals surface area (Å²) in [6, 6.07) is 1.51. The van der Waals surface area contributed by atoms with Gasteiger partial charge in [0.15, 0.2) is 0 Å². The Labute approximate surface area is 82.0 Å². The molecule has 1 aromatic rings. The third-order valence-electron chi connectivity index (χ3n) is 2.33. The standard InChI is InChI=1S/C10H12N2O2/c13-10(14)8-3-4-11-6-9(8)12-5-7-1-2-7/h3-4,6-7,12H,1-2,5H2,(H,13,14). The van der Waals surface area contributed by atoms with Gasteiger partial charge in [-0.25, -0.2) is 4.79 Å². The zero-order valence-electron chi connectivity index (χ0n) is 7.73. The number of carboxylic acid groups (broad SMARTS) is 1. The average molecular weight is 192 g/mol. The number of hydrogen-bond acceptors (Lipinski definition) is 3. The normalized spacial score (nSPS) is 15.1. The third-order valence-corrected chi connectivity index (χ3v) is 2.33. The SMILES string of the molecule is O=C(O)c1ccncc1NCC1CC1. The third kappa shape index (κ3) is 2.02. The van der Waals surface area contributed by atoms with Crippen LogP contribution in [0.15, 0.2) is 18.5 Å². The van der Waals surface area contributed by atoms with Crippen LogP contribution >= 0.6 is 0 Å². The summed E-state index contributed by atoms with van der Waals surface area (Å²) in [5.74, 6) is -0.192. The van der Waals surface area contributed by atoms with Crippen LogP contribution in [0, 0.1) is 5.92 Å². The van der Waals surface area contributed by atoms with Crippen LogP contribution in [0.1, 0.15) is 23.2 Å². The summed E-state index contributed by atoms with van der Waals surface area (Å²) >= 11 is 0. The lowest BCUT2D eigenvalue weighted by molar-refractivity contribution is 0.0698. The van der Waals surface area contributed by atoms with Crippen molar-refractivity contribution in [2.24, 2.45) is 5.92 Å². The molecule has 0 spiro atoms. The molecule has 4 heteroatoms. The predicted molar refractivity (Wildman–Crippen MR) is 52.4 cm³/mol. The maximum atomic E-state index is 10.8. The van der Waals surface area contributed by atoms with Gasteiger partial charge < -0.3 is 10.4 Å². The van der Waals surface area contributed by atoms with Gasteiger partial charge >= 0.3 is 5.97 Å². The smallest absolute Gasteiger partial charge is 0.337 e. The highest BCUT2D eigenvalue weighted by Gasteiger charge is 2.21. The van der Waals surface area contributed by atoms with E-state index in [0.29, 0.717) is 11.3 Å². The van der Waals surface area contributed by atoms with E-state index < -0.39 is 5.97 Å². The summed E-state index contributed by atoms with van der Waals surface area (Å²) in [7, 11) is 0. The zero-order valence-corrected chi connectivity index (χ0v) is 7.73. The van der Waals surface area contributed by atoms with Gasteiger partial charge in [0.2, 0.25) is 0 Å². The van der Waals surface area contributed by atoms with Crippen LogP contribution < -0.4 is 5.32 Å². The molecule has 0 atom stereocenters. The summed E-state index contributed by atoms with van der Waals surface area (Å²) in [4.78, 5) is 14.7. The summed E-state index contributed by atoms with van der Waals surface area (Å²) in [5, 5.41) is 12.0. The first-order valence-corrected chi connectivity index (χ1v) is 4.68. The van der Waals surface area contributed by atoms with E-state index in [2.05, 4.69) is 10.3 Å². The molecule has 1 aliphatic rings. The van der Waals surface area contributed by atoms with Crippen molar-refractivity contribution in [3.8, 4) is 0 Å². The number of nitrogens with one attached hydrogen (secondary N) is 1. The Bertz CT molecular complexity index is 348. The molecular weight excluding hydrogens is 180 g/mol. The number of hydrogen-bond donors (Lipinski definition) is 2. The Morgan fingerprint density at radius 1 is 1.64 bits per heavy atom. The highest BCUT2D eigenvalue weighted by Crippen LogP contribution is 2.29. The maximum absolute atomic E-state index is 10.8. The van der Waals surface area contributed by atoms with Crippen LogP contribution in [0.3, 0.4) is 0 Å². The number of rotatable bonds is 4. The number of aromatic carboxylic acids is 1. The van der Waals surface area contributed by atoms with Gasteiger partial charge in [-0.05, 0) is 24.8 Å². The minimum absolute atomic E-state index is 0.292. The van der Waals surface area contributed by atoms with Crippen molar-refractivity contribution in [2.75, 3.05) is 11.9 Å². The largest absolute Gasteiger partial charge is 0.478 e. The number of anilines is 1.